The van der Waals surface area contributed by atoms with Crippen LogP contribution in [0.25, 0.3) is 0 Å². The second kappa shape index (κ2) is 4.06. The van der Waals surface area contributed by atoms with E-state index in [9.17, 15) is 24.2 Å². The number of hydrogen-bond acceptors (Lipinski definition) is 5. The van der Waals surface area contributed by atoms with Gasteiger partial charge in [0, 0.05) is 0 Å². The molecular weight excluding hydrogens is 235 g/mol. The van der Waals surface area contributed by atoms with Gasteiger partial charge in [-0.1, -0.05) is 0 Å². The lowest BCUT2D eigenvalue weighted by Gasteiger charge is -2.16. The first kappa shape index (κ1) is 12.0. The molecule has 0 aliphatic carbocycles. The van der Waals surface area contributed by atoms with Crippen LogP contribution in [0.1, 0.15) is 13.2 Å². The molecule has 1 aliphatic rings. The van der Waals surface area contributed by atoms with Crippen molar-refractivity contribution < 1.29 is 19.3 Å². The molecule has 4 atom stereocenters. The Hall–Kier alpha value is -1.51. The summed E-state index contributed by atoms with van der Waals surface area (Å²) in [6.07, 6.45) is -3.83. The number of aromatic nitrogens is 2. The molecule has 0 saturated carbocycles. The van der Waals surface area contributed by atoms with Crippen LogP contribution in [0, 0.1) is 5.82 Å². The number of hydrogen-bond donors (Lipinski definition) is 3. The molecule has 1 aromatic rings. The summed E-state index contributed by atoms with van der Waals surface area (Å²) in [6, 6.07) is 0. The molecule has 3 N–H and O–H groups in total. The molecular formula is C9H11FN2O5. The van der Waals surface area contributed by atoms with Gasteiger partial charge >= 0.3 is 5.69 Å². The zero-order chi connectivity index (χ0) is 12.7. The Bertz CT molecular complexity index is 539. The Kier molecular flexibility index (Phi) is 2.86. The molecule has 1 saturated heterocycles. The summed E-state index contributed by atoms with van der Waals surface area (Å²) in [5, 5.41) is 19.1. The van der Waals surface area contributed by atoms with Crippen molar-refractivity contribution in [3.05, 3.63) is 32.9 Å². The number of aromatic amines is 1. The lowest BCUT2D eigenvalue weighted by atomic mass is 10.1. The predicted molar refractivity (Wildman–Crippen MR) is 52.9 cm³/mol. The van der Waals surface area contributed by atoms with Crippen molar-refractivity contribution in [1.29, 1.82) is 0 Å². The van der Waals surface area contributed by atoms with Crippen molar-refractivity contribution in [2.75, 3.05) is 0 Å². The van der Waals surface area contributed by atoms with Crippen molar-refractivity contribution in [1.82, 2.24) is 9.55 Å². The number of ether oxygens (including phenoxy) is 1. The van der Waals surface area contributed by atoms with E-state index in [4.69, 9.17) is 4.74 Å². The molecule has 0 bridgehead atoms. The van der Waals surface area contributed by atoms with Gasteiger partial charge in [-0.15, -0.1) is 0 Å². The minimum atomic E-state index is -1.37. The maximum atomic E-state index is 13.0. The Balaban J connectivity index is 2.46. The number of aliphatic hydroxyl groups is 2. The van der Waals surface area contributed by atoms with Crippen LogP contribution in [-0.4, -0.2) is 38.1 Å². The first-order valence-electron chi connectivity index (χ1n) is 4.94. The number of aliphatic hydroxyl groups excluding tert-OH is 2. The number of nitrogens with zero attached hydrogens (tertiary/aromatic N) is 1. The summed E-state index contributed by atoms with van der Waals surface area (Å²) in [4.78, 5) is 24.0. The summed E-state index contributed by atoms with van der Waals surface area (Å²) in [6.45, 7) is 1.50. The molecule has 0 spiro atoms. The van der Waals surface area contributed by atoms with Crippen LogP contribution in [0.15, 0.2) is 15.8 Å². The van der Waals surface area contributed by atoms with Crippen LogP contribution >= 0.6 is 0 Å². The van der Waals surface area contributed by atoms with Gasteiger partial charge in [0.05, 0.1) is 12.3 Å². The zero-order valence-electron chi connectivity index (χ0n) is 8.83. The maximum Gasteiger partial charge on any atom is 0.330 e. The van der Waals surface area contributed by atoms with E-state index in [1.807, 2.05) is 0 Å². The predicted octanol–water partition coefficient (Wildman–Crippen LogP) is -1.69. The second-order valence-corrected chi connectivity index (χ2v) is 3.86. The van der Waals surface area contributed by atoms with Crippen LogP contribution in [0.5, 0.6) is 0 Å². The molecule has 17 heavy (non-hydrogen) atoms. The molecule has 1 fully saturated rings. The second-order valence-electron chi connectivity index (χ2n) is 3.86. The lowest BCUT2D eigenvalue weighted by molar-refractivity contribution is -0.0356. The molecule has 1 aliphatic heterocycles. The van der Waals surface area contributed by atoms with E-state index in [1.165, 1.54) is 6.92 Å². The quantitative estimate of drug-likeness (QED) is 0.548. The standard InChI is InChI=1S/C9H11FN2O5/c1-3-5(13)6(14)8(17-3)12-2-4(10)7(15)11-9(12)16/h2-3,5-6,8,13-14H,1H3,(H,11,15,16)/t3-,5?,6+,8-/m0/s1. The van der Waals surface area contributed by atoms with Crippen LogP contribution in [0.2, 0.25) is 0 Å². The van der Waals surface area contributed by atoms with Crippen LogP contribution in [-0.2, 0) is 4.74 Å². The first-order chi connectivity index (χ1) is 7.91. The molecule has 2 rings (SSSR count). The molecule has 1 unspecified atom stereocenters. The molecule has 7 nitrogen and oxygen atoms in total. The highest BCUT2D eigenvalue weighted by molar-refractivity contribution is 4.93. The van der Waals surface area contributed by atoms with Crippen LogP contribution < -0.4 is 11.2 Å². The maximum absolute atomic E-state index is 13.0. The van der Waals surface area contributed by atoms with E-state index >= 15 is 0 Å². The number of nitrogens with one attached hydrogen (secondary N) is 1. The average Bonchev–Trinajstić information content (AvgIpc) is 2.51. The van der Waals surface area contributed by atoms with E-state index in [2.05, 4.69) is 0 Å². The highest BCUT2D eigenvalue weighted by Gasteiger charge is 2.41. The van der Waals surface area contributed by atoms with Gasteiger partial charge in [-0.3, -0.25) is 14.3 Å². The Morgan fingerprint density at radius 1 is 1.41 bits per heavy atom. The SMILES string of the molecule is C[C@@H]1O[C@H](n2cc(F)c(=O)[nH]c2=O)[C@H](O)C1O. The fourth-order valence-electron chi connectivity index (χ4n) is 1.71. The first-order valence-corrected chi connectivity index (χ1v) is 4.94. The lowest BCUT2D eigenvalue weighted by Crippen LogP contribution is -2.38. The van der Waals surface area contributed by atoms with Crippen molar-refractivity contribution in [3.8, 4) is 0 Å². The van der Waals surface area contributed by atoms with E-state index in [-0.39, 0.29) is 0 Å². The van der Waals surface area contributed by atoms with E-state index < -0.39 is 41.6 Å². The molecule has 0 amide bonds. The van der Waals surface area contributed by atoms with Gasteiger partial charge in [0.15, 0.2) is 6.23 Å². The molecule has 1 aromatic heterocycles. The third kappa shape index (κ3) is 1.90. The summed E-state index contributed by atoms with van der Waals surface area (Å²) < 4.78 is 18.9. The molecule has 94 valence electrons. The molecule has 0 aromatic carbocycles. The number of H-pyrrole nitrogens is 1. The summed E-state index contributed by atoms with van der Waals surface area (Å²) in [5.74, 6) is -1.17. The van der Waals surface area contributed by atoms with Gasteiger partial charge in [-0.05, 0) is 6.92 Å². The fourth-order valence-corrected chi connectivity index (χ4v) is 1.71. The van der Waals surface area contributed by atoms with Gasteiger partial charge in [-0.25, -0.2) is 4.79 Å². The van der Waals surface area contributed by atoms with Crippen molar-refractivity contribution in [2.24, 2.45) is 0 Å². The monoisotopic (exact) mass is 246 g/mol. The van der Waals surface area contributed by atoms with Crippen molar-refractivity contribution >= 4 is 0 Å². The van der Waals surface area contributed by atoms with Gasteiger partial charge < -0.3 is 14.9 Å². The Morgan fingerprint density at radius 2 is 2.06 bits per heavy atom. The summed E-state index contributed by atoms with van der Waals surface area (Å²) >= 11 is 0. The largest absolute Gasteiger partial charge is 0.388 e. The van der Waals surface area contributed by atoms with E-state index in [0.29, 0.717) is 10.8 Å². The minimum Gasteiger partial charge on any atom is -0.388 e. The van der Waals surface area contributed by atoms with Gasteiger partial charge in [0.1, 0.15) is 12.2 Å². The third-order valence-corrected chi connectivity index (χ3v) is 2.68. The topological polar surface area (TPSA) is 105 Å². The van der Waals surface area contributed by atoms with E-state index in [1.54, 1.807) is 4.98 Å². The number of rotatable bonds is 1. The Labute approximate surface area is 94.1 Å². The molecule has 8 heteroatoms. The van der Waals surface area contributed by atoms with E-state index in [0.717, 1.165) is 0 Å². The fraction of sp³-hybridized carbons (Fsp3) is 0.556. The van der Waals surface area contributed by atoms with Crippen molar-refractivity contribution in [2.45, 2.75) is 31.5 Å². The summed E-state index contributed by atoms with van der Waals surface area (Å²) in [5.41, 5.74) is -2.06. The van der Waals surface area contributed by atoms with Gasteiger partial charge in [0.2, 0.25) is 5.82 Å². The van der Waals surface area contributed by atoms with Crippen LogP contribution in [0.4, 0.5) is 4.39 Å². The number of halogens is 1. The van der Waals surface area contributed by atoms with Crippen molar-refractivity contribution in [3.63, 3.8) is 0 Å². The van der Waals surface area contributed by atoms with Gasteiger partial charge in [-0.2, -0.15) is 4.39 Å². The Morgan fingerprint density at radius 3 is 2.59 bits per heavy atom. The molecule has 0 radical (unpaired) electrons. The smallest absolute Gasteiger partial charge is 0.330 e. The third-order valence-electron chi connectivity index (χ3n) is 2.68. The normalized spacial score (nSPS) is 32.9. The highest BCUT2D eigenvalue weighted by Crippen LogP contribution is 2.27. The average molecular weight is 246 g/mol. The molecule has 2 heterocycles. The minimum absolute atomic E-state index is 0.639. The van der Waals surface area contributed by atoms with Crippen LogP contribution in [0.3, 0.4) is 0 Å². The van der Waals surface area contributed by atoms with Gasteiger partial charge in [0.25, 0.3) is 5.56 Å². The summed E-state index contributed by atoms with van der Waals surface area (Å²) in [7, 11) is 0. The zero-order valence-corrected chi connectivity index (χ0v) is 8.83. The highest BCUT2D eigenvalue weighted by atomic mass is 19.1.